The molecule has 128 valence electrons. The largest absolute Gasteiger partial charge is 0.305 e. The Bertz CT molecular complexity index is 919. The van der Waals surface area contributed by atoms with Crippen molar-refractivity contribution in [2.75, 3.05) is 5.75 Å². The second kappa shape index (κ2) is 7.19. The summed E-state index contributed by atoms with van der Waals surface area (Å²) in [5.41, 5.74) is 5.10. The van der Waals surface area contributed by atoms with Gasteiger partial charge in [0, 0.05) is 30.6 Å². The van der Waals surface area contributed by atoms with Crippen molar-refractivity contribution < 1.29 is 4.79 Å². The van der Waals surface area contributed by atoms with Gasteiger partial charge in [0.25, 0.3) is 0 Å². The molecule has 0 saturated carbocycles. The van der Waals surface area contributed by atoms with E-state index in [4.69, 9.17) is 0 Å². The summed E-state index contributed by atoms with van der Waals surface area (Å²) < 4.78 is 1.90. The first kappa shape index (κ1) is 17.4. The summed E-state index contributed by atoms with van der Waals surface area (Å²) in [7, 11) is 1.91. The molecule has 0 saturated heterocycles. The number of Topliss-reactive ketones (excluding diaryl/α,β-unsaturated/α-hetero) is 1. The number of ketones is 1. The van der Waals surface area contributed by atoms with Crippen LogP contribution in [0.1, 0.15) is 27.0 Å². The lowest BCUT2D eigenvalue weighted by Gasteiger charge is -2.09. The van der Waals surface area contributed by atoms with Crippen molar-refractivity contribution in [3.63, 3.8) is 0 Å². The van der Waals surface area contributed by atoms with Gasteiger partial charge in [-0.3, -0.25) is 9.78 Å². The molecule has 0 radical (unpaired) electrons. The van der Waals surface area contributed by atoms with Crippen molar-refractivity contribution in [2.24, 2.45) is 7.05 Å². The van der Waals surface area contributed by atoms with E-state index in [9.17, 15) is 4.79 Å². The van der Waals surface area contributed by atoms with Crippen LogP contribution in [0.2, 0.25) is 0 Å². The molecule has 25 heavy (non-hydrogen) atoms. The van der Waals surface area contributed by atoms with Crippen molar-refractivity contribution in [1.82, 2.24) is 19.7 Å². The predicted octanol–water partition coefficient (Wildman–Crippen LogP) is 3.78. The molecule has 0 aliphatic carbocycles. The van der Waals surface area contributed by atoms with Crippen LogP contribution in [0.15, 0.2) is 41.8 Å². The highest BCUT2D eigenvalue weighted by Gasteiger charge is 2.15. The molecule has 0 bridgehead atoms. The number of carbonyl (C=O) groups is 1. The molecule has 2 heterocycles. The fourth-order valence-electron chi connectivity index (χ4n) is 2.66. The fraction of sp³-hybridized carbons (Fsp3) is 0.263. The van der Waals surface area contributed by atoms with Crippen molar-refractivity contribution in [2.45, 2.75) is 25.9 Å². The fourth-order valence-corrected chi connectivity index (χ4v) is 3.46. The molecule has 0 N–H and O–H groups in total. The van der Waals surface area contributed by atoms with Gasteiger partial charge in [-0.15, -0.1) is 10.2 Å². The highest BCUT2D eigenvalue weighted by atomic mass is 32.2. The van der Waals surface area contributed by atoms with Crippen LogP contribution in [-0.2, 0) is 7.05 Å². The average Bonchev–Trinajstić information content (AvgIpc) is 2.97. The molecular weight excluding hydrogens is 332 g/mol. The van der Waals surface area contributed by atoms with Gasteiger partial charge >= 0.3 is 0 Å². The topological polar surface area (TPSA) is 60.7 Å². The van der Waals surface area contributed by atoms with Crippen molar-refractivity contribution in [3.05, 3.63) is 58.9 Å². The highest BCUT2D eigenvalue weighted by Crippen LogP contribution is 2.24. The minimum atomic E-state index is 0.110. The Morgan fingerprint density at radius 1 is 1.04 bits per heavy atom. The Hall–Kier alpha value is -2.47. The van der Waals surface area contributed by atoms with Gasteiger partial charge < -0.3 is 4.57 Å². The van der Waals surface area contributed by atoms with Gasteiger partial charge in [0.15, 0.2) is 16.8 Å². The van der Waals surface area contributed by atoms with Gasteiger partial charge in [0.05, 0.1) is 5.75 Å². The smallest absolute Gasteiger partial charge is 0.191 e. The van der Waals surface area contributed by atoms with Crippen LogP contribution in [0.4, 0.5) is 0 Å². The molecule has 0 amide bonds. The van der Waals surface area contributed by atoms with E-state index in [0.717, 1.165) is 33.2 Å². The van der Waals surface area contributed by atoms with Gasteiger partial charge in [-0.05, 0) is 55.7 Å². The van der Waals surface area contributed by atoms with E-state index in [0.29, 0.717) is 5.75 Å². The maximum absolute atomic E-state index is 12.6. The van der Waals surface area contributed by atoms with Gasteiger partial charge in [-0.25, -0.2) is 0 Å². The zero-order valence-electron chi connectivity index (χ0n) is 14.8. The molecule has 3 aromatic rings. The summed E-state index contributed by atoms with van der Waals surface area (Å²) in [6.45, 7) is 6.07. The van der Waals surface area contributed by atoms with E-state index in [1.54, 1.807) is 12.4 Å². The summed E-state index contributed by atoms with van der Waals surface area (Å²) in [5.74, 6) is 1.21. The maximum atomic E-state index is 12.6. The van der Waals surface area contributed by atoms with Crippen molar-refractivity contribution >= 4 is 17.5 Å². The summed E-state index contributed by atoms with van der Waals surface area (Å²) in [6.07, 6.45) is 3.45. The van der Waals surface area contributed by atoms with Gasteiger partial charge in [0.2, 0.25) is 0 Å². The lowest BCUT2D eigenvalue weighted by Crippen LogP contribution is -2.07. The molecule has 6 heteroatoms. The van der Waals surface area contributed by atoms with E-state index in [2.05, 4.69) is 28.2 Å². The Morgan fingerprint density at radius 3 is 2.44 bits per heavy atom. The van der Waals surface area contributed by atoms with Crippen LogP contribution in [0.5, 0.6) is 0 Å². The molecule has 3 rings (SSSR count). The molecule has 2 aromatic heterocycles. The van der Waals surface area contributed by atoms with Gasteiger partial charge in [-0.2, -0.15) is 0 Å². The van der Waals surface area contributed by atoms with Crippen LogP contribution in [-0.4, -0.2) is 31.3 Å². The monoisotopic (exact) mass is 352 g/mol. The Kier molecular flexibility index (Phi) is 4.99. The molecule has 0 unspecified atom stereocenters. The summed E-state index contributed by atoms with van der Waals surface area (Å²) >= 11 is 1.41. The SMILES string of the molecule is Cc1cc(C)c(C(=O)CSc2nnc(-c3ccncc3)n2C)cc1C. The number of benzene rings is 1. The maximum Gasteiger partial charge on any atom is 0.191 e. The second-order valence-corrected chi connectivity index (χ2v) is 7.01. The van der Waals surface area contributed by atoms with E-state index < -0.39 is 0 Å². The number of hydrogen-bond donors (Lipinski definition) is 0. The summed E-state index contributed by atoms with van der Waals surface area (Å²) in [6, 6.07) is 7.83. The molecule has 0 aliphatic rings. The number of rotatable bonds is 5. The van der Waals surface area contributed by atoms with E-state index in [1.165, 1.54) is 17.3 Å². The molecule has 0 atom stereocenters. The van der Waals surface area contributed by atoms with Crippen molar-refractivity contribution in [3.8, 4) is 11.4 Å². The number of aryl methyl sites for hydroxylation is 3. The standard InChI is InChI=1S/C19H20N4OS/c1-12-9-14(3)16(10-13(12)2)17(24)11-25-19-22-21-18(23(19)4)15-5-7-20-8-6-15/h5-10H,11H2,1-4H3. The molecule has 0 fully saturated rings. The number of carbonyl (C=O) groups excluding carboxylic acids is 1. The minimum absolute atomic E-state index is 0.110. The molecular formula is C19H20N4OS. The number of nitrogens with zero attached hydrogens (tertiary/aromatic N) is 4. The lowest BCUT2D eigenvalue weighted by molar-refractivity contribution is 0.102. The number of thioether (sulfide) groups is 1. The van der Waals surface area contributed by atoms with Gasteiger partial charge in [-0.1, -0.05) is 17.8 Å². The highest BCUT2D eigenvalue weighted by molar-refractivity contribution is 7.99. The quantitative estimate of drug-likeness (QED) is 0.517. The number of pyridine rings is 1. The number of hydrogen-bond acceptors (Lipinski definition) is 5. The van der Waals surface area contributed by atoms with Crippen molar-refractivity contribution in [1.29, 1.82) is 0 Å². The molecule has 1 aromatic carbocycles. The van der Waals surface area contributed by atoms with E-state index in [-0.39, 0.29) is 5.78 Å². The third-order valence-corrected chi connectivity index (χ3v) is 5.27. The third kappa shape index (κ3) is 3.64. The Balaban J connectivity index is 1.75. The number of aromatic nitrogens is 4. The predicted molar refractivity (Wildman–Crippen MR) is 99.9 cm³/mol. The lowest BCUT2D eigenvalue weighted by atomic mass is 9.99. The van der Waals surface area contributed by atoms with Crippen LogP contribution < -0.4 is 0 Å². The van der Waals surface area contributed by atoms with E-state index >= 15 is 0 Å². The van der Waals surface area contributed by atoms with E-state index in [1.807, 2.05) is 43.7 Å². The summed E-state index contributed by atoms with van der Waals surface area (Å²) in [4.78, 5) is 16.6. The minimum Gasteiger partial charge on any atom is -0.305 e. The molecule has 0 spiro atoms. The first-order chi connectivity index (χ1) is 12.0. The second-order valence-electron chi connectivity index (χ2n) is 6.06. The average molecular weight is 352 g/mol. The molecule has 5 nitrogen and oxygen atoms in total. The first-order valence-electron chi connectivity index (χ1n) is 8.01. The zero-order valence-corrected chi connectivity index (χ0v) is 15.6. The normalized spacial score (nSPS) is 10.9. The first-order valence-corrected chi connectivity index (χ1v) is 8.99. The van der Waals surface area contributed by atoms with Crippen LogP contribution >= 0.6 is 11.8 Å². The summed E-state index contributed by atoms with van der Waals surface area (Å²) in [5, 5.41) is 9.17. The van der Waals surface area contributed by atoms with Gasteiger partial charge in [0.1, 0.15) is 0 Å². The third-order valence-electron chi connectivity index (χ3n) is 4.25. The zero-order chi connectivity index (χ0) is 18.0. The van der Waals surface area contributed by atoms with Crippen LogP contribution in [0.25, 0.3) is 11.4 Å². The van der Waals surface area contributed by atoms with Crippen LogP contribution in [0.3, 0.4) is 0 Å². The Morgan fingerprint density at radius 2 is 1.72 bits per heavy atom. The Labute approximate surface area is 151 Å². The molecule has 0 aliphatic heterocycles. The van der Waals surface area contributed by atoms with Crippen LogP contribution in [0, 0.1) is 20.8 Å².